The van der Waals surface area contributed by atoms with Crippen molar-refractivity contribution in [1.82, 2.24) is 15.0 Å². The van der Waals surface area contributed by atoms with E-state index in [1.54, 1.807) is 30.3 Å². The number of aromatic amines is 1. The standard InChI is InChI=1S/C50H60ClN5O7S/c1-33(43-16-20-50(2,3)31-45(43)35-6-8-38(51)9-7-35)52-22-23-53-39-10-13-44(48(30-39)63-41-11-14-46-36(28-41)17-21-54-46)49(59)56-64(60,61)42-12-15-47(55-32-34-18-25-62-26-19-34)37(29-42)27-40(58)5-4-24-57/h6-15,17,21,24,28-30,33-34,40,52-55,58H,4-5,16,18-20,22-23,25-27,31-32H2,1-3H3,(H,56,59). The number of aldehydes is 1. The number of rotatable bonds is 20. The summed E-state index contributed by atoms with van der Waals surface area (Å²) >= 11 is 6.23. The van der Waals surface area contributed by atoms with Gasteiger partial charge in [0.15, 0.2) is 0 Å². The van der Waals surface area contributed by atoms with Crippen LogP contribution >= 0.6 is 11.6 Å². The molecular formula is C50H60ClN5O7S. The largest absolute Gasteiger partial charge is 0.456 e. The zero-order valence-corrected chi connectivity index (χ0v) is 38.4. The number of aliphatic hydroxyl groups is 1. The predicted octanol–water partition coefficient (Wildman–Crippen LogP) is 9.51. The summed E-state index contributed by atoms with van der Waals surface area (Å²) in [5, 5.41) is 23.0. The van der Waals surface area contributed by atoms with Gasteiger partial charge >= 0.3 is 0 Å². The smallest absolute Gasteiger partial charge is 0.268 e. The van der Waals surface area contributed by atoms with Gasteiger partial charge in [0.2, 0.25) is 0 Å². The molecule has 4 aromatic carbocycles. The highest BCUT2D eigenvalue weighted by Crippen LogP contribution is 2.44. The molecule has 0 saturated carbocycles. The summed E-state index contributed by atoms with van der Waals surface area (Å²) in [6.07, 6.45) is 7.17. The van der Waals surface area contributed by atoms with Gasteiger partial charge in [-0.05, 0) is 146 Å². The minimum Gasteiger partial charge on any atom is -0.456 e. The van der Waals surface area contributed by atoms with Gasteiger partial charge in [-0.15, -0.1) is 0 Å². The van der Waals surface area contributed by atoms with E-state index in [1.807, 2.05) is 36.5 Å². The molecule has 64 heavy (non-hydrogen) atoms. The molecule has 1 amide bonds. The Hall–Kier alpha value is -5.18. The molecule has 1 aliphatic carbocycles. The lowest BCUT2D eigenvalue weighted by Crippen LogP contribution is -2.34. The summed E-state index contributed by atoms with van der Waals surface area (Å²) < 4.78 is 42.0. The predicted molar refractivity (Wildman–Crippen MR) is 255 cm³/mol. The lowest BCUT2D eigenvalue weighted by molar-refractivity contribution is -0.108. The molecule has 2 atom stereocenters. The van der Waals surface area contributed by atoms with E-state index in [2.05, 4.69) is 58.6 Å². The fourth-order valence-electron chi connectivity index (χ4n) is 8.60. The van der Waals surface area contributed by atoms with E-state index in [-0.39, 0.29) is 46.9 Å². The van der Waals surface area contributed by atoms with E-state index in [0.29, 0.717) is 61.5 Å². The quantitative estimate of drug-likeness (QED) is 0.0327. The Morgan fingerprint density at radius 3 is 2.58 bits per heavy atom. The molecule has 2 unspecified atom stereocenters. The van der Waals surface area contributed by atoms with Gasteiger partial charge in [-0.1, -0.05) is 37.6 Å². The number of sulfonamides is 1. The molecule has 1 aromatic heterocycles. The number of ether oxygens (including phenoxy) is 2. The number of amides is 1. The van der Waals surface area contributed by atoms with E-state index in [0.717, 1.165) is 54.3 Å². The van der Waals surface area contributed by atoms with Crippen LogP contribution in [0.5, 0.6) is 11.5 Å². The molecule has 2 heterocycles. The van der Waals surface area contributed by atoms with Crippen molar-refractivity contribution in [3.05, 3.63) is 118 Å². The van der Waals surface area contributed by atoms with Gasteiger partial charge in [0, 0.05) is 91.3 Å². The van der Waals surface area contributed by atoms with Gasteiger partial charge in [0.05, 0.1) is 16.6 Å². The Morgan fingerprint density at radius 1 is 1.00 bits per heavy atom. The number of carbonyl (C=O) groups excluding carboxylic acids is 2. The molecule has 1 aliphatic heterocycles. The van der Waals surface area contributed by atoms with Crippen LogP contribution < -0.4 is 25.4 Å². The Kier molecular flexibility index (Phi) is 15.5. The van der Waals surface area contributed by atoms with Crippen molar-refractivity contribution in [2.24, 2.45) is 11.3 Å². The van der Waals surface area contributed by atoms with Crippen molar-refractivity contribution in [1.29, 1.82) is 0 Å². The Bertz CT molecular complexity index is 2550. The lowest BCUT2D eigenvalue weighted by atomic mass is 9.71. The second-order valence-electron chi connectivity index (χ2n) is 17.8. The van der Waals surface area contributed by atoms with E-state index in [4.69, 9.17) is 21.1 Å². The minimum absolute atomic E-state index is 0.0242. The van der Waals surface area contributed by atoms with Gasteiger partial charge < -0.3 is 40.3 Å². The van der Waals surface area contributed by atoms with Crippen LogP contribution in [0.1, 0.15) is 87.2 Å². The van der Waals surface area contributed by atoms with Crippen LogP contribution in [0.4, 0.5) is 11.4 Å². The van der Waals surface area contributed by atoms with Crippen molar-refractivity contribution in [2.75, 3.05) is 43.5 Å². The Morgan fingerprint density at radius 2 is 1.80 bits per heavy atom. The second-order valence-corrected chi connectivity index (χ2v) is 19.9. The first kappa shape index (κ1) is 46.8. The topological polar surface area (TPSA) is 171 Å². The van der Waals surface area contributed by atoms with Crippen LogP contribution in [-0.4, -0.2) is 75.7 Å². The highest BCUT2D eigenvalue weighted by Gasteiger charge is 2.30. The average molecular weight is 911 g/mol. The summed E-state index contributed by atoms with van der Waals surface area (Å²) in [6, 6.07) is 25.2. The molecule has 340 valence electrons. The lowest BCUT2D eigenvalue weighted by Gasteiger charge is -2.36. The minimum atomic E-state index is -4.40. The maximum atomic E-state index is 14.0. The van der Waals surface area contributed by atoms with Crippen molar-refractivity contribution >= 4 is 61.7 Å². The number of hydrogen-bond donors (Lipinski definition) is 6. The average Bonchev–Trinajstić information content (AvgIpc) is 3.75. The molecule has 0 bridgehead atoms. The van der Waals surface area contributed by atoms with Gasteiger partial charge in [-0.3, -0.25) is 4.79 Å². The van der Waals surface area contributed by atoms with Gasteiger partial charge in [-0.2, -0.15) is 0 Å². The molecule has 5 aromatic rings. The molecule has 0 spiro atoms. The van der Waals surface area contributed by atoms with Crippen LogP contribution in [0, 0.1) is 11.3 Å². The molecule has 6 N–H and O–H groups in total. The fraction of sp³-hybridized carbons (Fsp3) is 0.400. The number of nitrogens with one attached hydrogen (secondary N) is 5. The molecule has 12 nitrogen and oxygen atoms in total. The maximum absolute atomic E-state index is 14.0. The third kappa shape index (κ3) is 12.3. The molecule has 7 rings (SSSR count). The van der Waals surface area contributed by atoms with Crippen molar-refractivity contribution in [3.8, 4) is 11.5 Å². The maximum Gasteiger partial charge on any atom is 0.268 e. The Labute approximate surface area is 381 Å². The first-order valence-corrected chi connectivity index (χ1v) is 24.1. The number of benzene rings is 4. The summed E-state index contributed by atoms with van der Waals surface area (Å²) in [5.41, 5.74) is 7.07. The highest BCUT2D eigenvalue weighted by atomic mass is 35.5. The SMILES string of the molecule is CC(NCCNc1ccc(C(=O)NS(=O)(=O)c2ccc(NCC3CCOCC3)c(CC(O)CCC=O)c2)c(Oc2ccc3[nH]ccc3c2)c1)C1=C(c2ccc(Cl)cc2)CC(C)(C)CC1. The second kappa shape index (κ2) is 21.2. The van der Waals surface area contributed by atoms with E-state index in [1.165, 1.54) is 28.8 Å². The van der Waals surface area contributed by atoms with E-state index in [9.17, 15) is 23.1 Å². The van der Waals surface area contributed by atoms with Crippen LogP contribution in [0.3, 0.4) is 0 Å². The molecule has 1 fully saturated rings. The highest BCUT2D eigenvalue weighted by molar-refractivity contribution is 7.90. The number of aliphatic hydroxyl groups excluding tert-OH is 1. The monoisotopic (exact) mass is 909 g/mol. The molecule has 2 aliphatic rings. The van der Waals surface area contributed by atoms with Crippen molar-refractivity contribution in [3.63, 3.8) is 0 Å². The van der Waals surface area contributed by atoms with Crippen LogP contribution in [0.2, 0.25) is 5.02 Å². The summed E-state index contributed by atoms with van der Waals surface area (Å²) in [5.74, 6) is 0.163. The van der Waals surface area contributed by atoms with Gasteiger partial charge in [-0.25, -0.2) is 13.1 Å². The van der Waals surface area contributed by atoms with E-state index >= 15 is 0 Å². The summed E-state index contributed by atoms with van der Waals surface area (Å²) in [7, 11) is -4.40. The van der Waals surface area contributed by atoms with Crippen molar-refractivity contribution < 1.29 is 32.6 Å². The van der Waals surface area contributed by atoms with Crippen LogP contribution in [0.15, 0.2) is 102 Å². The van der Waals surface area contributed by atoms with Crippen molar-refractivity contribution in [2.45, 2.75) is 89.2 Å². The Balaban J connectivity index is 1.07. The third-order valence-corrected chi connectivity index (χ3v) is 13.9. The fourth-order valence-corrected chi connectivity index (χ4v) is 9.74. The summed E-state index contributed by atoms with van der Waals surface area (Å²) in [4.78, 5) is 28.1. The van der Waals surface area contributed by atoms with Gasteiger partial charge in [0.1, 0.15) is 17.8 Å². The summed E-state index contributed by atoms with van der Waals surface area (Å²) in [6.45, 7) is 10.1. The first-order chi connectivity index (χ1) is 30.8. The number of allylic oxidation sites excluding steroid dienone is 1. The molecule has 14 heteroatoms. The van der Waals surface area contributed by atoms with Crippen LogP contribution in [-0.2, 0) is 26.0 Å². The number of aromatic nitrogens is 1. The normalized spacial score (nSPS) is 16.6. The first-order valence-electron chi connectivity index (χ1n) is 22.2. The molecule has 0 radical (unpaired) electrons. The number of halogens is 1. The third-order valence-electron chi connectivity index (χ3n) is 12.3. The number of hydrogen-bond acceptors (Lipinski definition) is 10. The van der Waals surface area contributed by atoms with E-state index < -0.39 is 22.0 Å². The number of H-pyrrole nitrogens is 1. The van der Waals surface area contributed by atoms with Gasteiger partial charge in [0.25, 0.3) is 15.9 Å². The number of carbonyl (C=O) groups is 2. The zero-order valence-electron chi connectivity index (χ0n) is 36.8. The number of anilines is 2. The molecule has 1 saturated heterocycles. The zero-order chi connectivity index (χ0) is 45.3. The number of fused-ring (bicyclic) bond motifs is 1. The van der Waals surface area contributed by atoms with Crippen LogP contribution in [0.25, 0.3) is 16.5 Å². The molecular weight excluding hydrogens is 850 g/mol.